The first-order chi connectivity index (χ1) is 10.4. The average Bonchev–Trinajstić information content (AvgIpc) is 3.27. The highest BCUT2D eigenvalue weighted by Crippen LogP contribution is 2.50. The van der Waals surface area contributed by atoms with E-state index < -0.39 is 5.97 Å². The molecule has 1 atom stereocenters. The van der Waals surface area contributed by atoms with E-state index in [0.717, 1.165) is 24.2 Å². The van der Waals surface area contributed by atoms with E-state index in [0.29, 0.717) is 17.8 Å². The number of hydrogen-bond donors (Lipinski definition) is 1. The van der Waals surface area contributed by atoms with Gasteiger partial charge in [0.15, 0.2) is 0 Å². The minimum atomic E-state index is -0.719. The fourth-order valence-electron chi connectivity index (χ4n) is 3.39. The van der Waals surface area contributed by atoms with E-state index in [2.05, 4.69) is 39.8 Å². The van der Waals surface area contributed by atoms with Gasteiger partial charge in [0, 0.05) is 11.5 Å². The Balaban J connectivity index is 2.61. The summed E-state index contributed by atoms with van der Waals surface area (Å²) >= 11 is 0. The molecule has 1 aromatic carbocycles. The second kappa shape index (κ2) is 6.72. The van der Waals surface area contributed by atoms with Crippen LogP contribution in [-0.2, 0) is 4.79 Å². The third kappa shape index (κ3) is 3.45. The highest BCUT2D eigenvalue weighted by molar-refractivity contribution is 5.69. The van der Waals surface area contributed by atoms with Crippen molar-refractivity contribution in [2.24, 2.45) is 5.92 Å². The zero-order valence-corrected chi connectivity index (χ0v) is 14.3. The SMILES string of the molecule is COc1c(C(C)C)ccc(C(C)C)c1C(CC(=O)O)C1CC1. The quantitative estimate of drug-likeness (QED) is 0.778. The van der Waals surface area contributed by atoms with Crippen molar-refractivity contribution in [1.82, 2.24) is 0 Å². The van der Waals surface area contributed by atoms with Crippen molar-refractivity contribution < 1.29 is 14.6 Å². The van der Waals surface area contributed by atoms with Crippen molar-refractivity contribution in [3.05, 3.63) is 28.8 Å². The predicted octanol–water partition coefficient (Wildman–Crippen LogP) is 4.91. The van der Waals surface area contributed by atoms with Gasteiger partial charge in [0.05, 0.1) is 13.5 Å². The van der Waals surface area contributed by atoms with E-state index in [1.807, 2.05) is 0 Å². The second-order valence-electron chi connectivity index (χ2n) is 7.04. The van der Waals surface area contributed by atoms with E-state index in [4.69, 9.17) is 4.74 Å². The first kappa shape index (κ1) is 16.9. The topological polar surface area (TPSA) is 46.5 Å². The molecule has 0 spiro atoms. The predicted molar refractivity (Wildman–Crippen MR) is 88.9 cm³/mol. The van der Waals surface area contributed by atoms with Crippen molar-refractivity contribution in [3.63, 3.8) is 0 Å². The maximum absolute atomic E-state index is 11.4. The van der Waals surface area contributed by atoms with Gasteiger partial charge in [-0.05, 0) is 41.7 Å². The van der Waals surface area contributed by atoms with Gasteiger partial charge in [0.1, 0.15) is 5.75 Å². The van der Waals surface area contributed by atoms with Crippen LogP contribution in [0.1, 0.15) is 81.4 Å². The van der Waals surface area contributed by atoms with E-state index in [-0.39, 0.29) is 12.3 Å². The number of hydrogen-bond acceptors (Lipinski definition) is 2. The molecule has 1 fully saturated rings. The molecule has 1 saturated carbocycles. The maximum Gasteiger partial charge on any atom is 0.303 e. The molecule has 1 aromatic rings. The van der Waals surface area contributed by atoms with Crippen molar-refractivity contribution in [2.45, 2.75) is 64.7 Å². The van der Waals surface area contributed by atoms with Gasteiger partial charge in [-0.15, -0.1) is 0 Å². The molecule has 122 valence electrons. The fraction of sp³-hybridized carbons (Fsp3) is 0.632. The molecule has 1 aliphatic rings. The lowest BCUT2D eigenvalue weighted by molar-refractivity contribution is -0.137. The van der Waals surface area contributed by atoms with Crippen molar-refractivity contribution in [3.8, 4) is 5.75 Å². The Morgan fingerprint density at radius 1 is 1.18 bits per heavy atom. The van der Waals surface area contributed by atoms with Crippen LogP contribution in [0.5, 0.6) is 5.75 Å². The van der Waals surface area contributed by atoms with Gasteiger partial charge in [-0.3, -0.25) is 4.79 Å². The van der Waals surface area contributed by atoms with E-state index in [1.165, 1.54) is 11.1 Å². The van der Waals surface area contributed by atoms with Crippen LogP contribution < -0.4 is 4.74 Å². The Morgan fingerprint density at radius 3 is 2.14 bits per heavy atom. The standard InChI is InChI=1S/C19H28O3/c1-11(2)14-8-9-15(12(3)4)19(22-5)18(14)16(10-17(20)21)13-6-7-13/h8-9,11-13,16H,6-7,10H2,1-5H3,(H,20,21). The molecular formula is C19H28O3. The molecule has 0 heterocycles. The van der Waals surface area contributed by atoms with Crippen LogP contribution >= 0.6 is 0 Å². The summed E-state index contributed by atoms with van der Waals surface area (Å²) in [5, 5.41) is 9.35. The van der Waals surface area contributed by atoms with E-state index >= 15 is 0 Å². The van der Waals surface area contributed by atoms with Crippen LogP contribution in [-0.4, -0.2) is 18.2 Å². The zero-order valence-electron chi connectivity index (χ0n) is 14.3. The molecule has 22 heavy (non-hydrogen) atoms. The van der Waals surface area contributed by atoms with Gasteiger partial charge in [0.2, 0.25) is 0 Å². The largest absolute Gasteiger partial charge is 0.496 e. The molecule has 1 aliphatic carbocycles. The smallest absolute Gasteiger partial charge is 0.303 e. The Morgan fingerprint density at radius 2 is 1.73 bits per heavy atom. The van der Waals surface area contributed by atoms with Crippen molar-refractivity contribution in [1.29, 1.82) is 0 Å². The maximum atomic E-state index is 11.4. The fourth-order valence-corrected chi connectivity index (χ4v) is 3.39. The molecule has 0 aromatic heterocycles. The average molecular weight is 304 g/mol. The van der Waals surface area contributed by atoms with E-state index in [9.17, 15) is 9.90 Å². The third-order valence-electron chi connectivity index (χ3n) is 4.66. The molecule has 3 heteroatoms. The highest BCUT2D eigenvalue weighted by Gasteiger charge is 2.37. The summed E-state index contributed by atoms with van der Waals surface area (Å²) in [6, 6.07) is 4.32. The normalized spacial score (nSPS) is 16.1. The van der Waals surface area contributed by atoms with Crippen LogP contribution in [0.15, 0.2) is 12.1 Å². The lowest BCUT2D eigenvalue weighted by atomic mass is 9.81. The van der Waals surface area contributed by atoms with Gasteiger partial charge in [-0.2, -0.15) is 0 Å². The minimum absolute atomic E-state index is 0.0727. The van der Waals surface area contributed by atoms with Crippen LogP contribution in [0.2, 0.25) is 0 Å². The van der Waals surface area contributed by atoms with Gasteiger partial charge >= 0.3 is 5.97 Å². The number of ether oxygens (including phenoxy) is 1. The van der Waals surface area contributed by atoms with Crippen molar-refractivity contribution >= 4 is 5.97 Å². The first-order valence-electron chi connectivity index (χ1n) is 8.29. The Kier molecular flexibility index (Phi) is 5.15. The number of benzene rings is 1. The monoisotopic (exact) mass is 304 g/mol. The van der Waals surface area contributed by atoms with Gasteiger partial charge in [-0.1, -0.05) is 39.8 Å². The van der Waals surface area contributed by atoms with Crippen LogP contribution in [0.4, 0.5) is 0 Å². The number of methoxy groups -OCH3 is 1. The molecule has 0 aliphatic heterocycles. The summed E-state index contributed by atoms with van der Waals surface area (Å²) in [5.41, 5.74) is 3.56. The summed E-state index contributed by atoms with van der Waals surface area (Å²) in [7, 11) is 1.71. The van der Waals surface area contributed by atoms with Crippen LogP contribution in [0, 0.1) is 5.92 Å². The van der Waals surface area contributed by atoms with Gasteiger partial charge < -0.3 is 9.84 Å². The first-order valence-corrected chi connectivity index (χ1v) is 8.29. The number of aliphatic carboxylic acids is 1. The second-order valence-corrected chi connectivity index (χ2v) is 7.04. The highest BCUT2D eigenvalue weighted by atomic mass is 16.5. The number of rotatable bonds is 7. The van der Waals surface area contributed by atoms with E-state index in [1.54, 1.807) is 7.11 Å². The zero-order chi connectivity index (χ0) is 16.4. The van der Waals surface area contributed by atoms with Gasteiger partial charge in [0.25, 0.3) is 0 Å². The molecule has 0 amide bonds. The summed E-state index contributed by atoms with van der Waals surface area (Å²) in [5.74, 6) is 1.48. The number of carbonyl (C=O) groups is 1. The Hall–Kier alpha value is -1.51. The molecule has 0 bridgehead atoms. The Labute approximate surface area is 133 Å². The summed E-state index contributed by atoms with van der Waals surface area (Å²) in [6.45, 7) is 8.64. The number of carboxylic acids is 1. The lowest BCUT2D eigenvalue weighted by Crippen LogP contribution is -2.14. The molecule has 1 unspecified atom stereocenters. The van der Waals surface area contributed by atoms with Crippen LogP contribution in [0.25, 0.3) is 0 Å². The van der Waals surface area contributed by atoms with Gasteiger partial charge in [-0.25, -0.2) is 0 Å². The van der Waals surface area contributed by atoms with Crippen molar-refractivity contribution in [2.75, 3.05) is 7.11 Å². The lowest BCUT2D eigenvalue weighted by Gasteiger charge is -2.26. The molecule has 2 rings (SSSR count). The molecule has 0 saturated heterocycles. The molecule has 0 radical (unpaired) electrons. The van der Waals surface area contributed by atoms with Crippen LogP contribution in [0.3, 0.4) is 0 Å². The third-order valence-corrected chi connectivity index (χ3v) is 4.66. The number of carboxylic acid groups (broad SMARTS) is 1. The summed E-state index contributed by atoms with van der Waals surface area (Å²) in [6.07, 6.45) is 2.46. The molecule has 1 N–H and O–H groups in total. The minimum Gasteiger partial charge on any atom is -0.496 e. The summed E-state index contributed by atoms with van der Waals surface area (Å²) < 4.78 is 5.78. The molecular weight excluding hydrogens is 276 g/mol. The summed E-state index contributed by atoms with van der Waals surface area (Å²) in [4.78, 5) is 11.4. The Bertz CT molecular complexity index is 542. The molecule has 3 nitrogen and oxygen atoms in total.